The summed E-state index contributed by atoms with van der Waals surface area (Å²) in [4.78, 5) is 36.2. The molecule has 1 rings (SSSR count). The highest BCUT2D eigenvalue weighted by Gasteiger charge is 2.44. The fourth-order valence-corrected chi connectivity index (χ4v) is 3.35. The van der Waals surface area contributed by atoms with Crippen LogP contribution in [-0.2, 0) is 30.0 Å². The number of carbonyl (C=O) groups is 3. The average molecular weight is 392 g/mol. The molecule has 0 saturated carbocycles. The van der Waals surface area contributed by atoms with Crippen molar-refractivity contribution in [1.82, 2.24) is 0 Å². The molecule has 0 N–H and O–H groups in total. The molecule has 1 atom stereocenters. The molecule has 0 radical (unpaired) electrons. The van der Waals surface area contributed by atoms with E-state index in [0.29, 0.717) is 11.8 Å². The van der Waals surface area contributed by atoms with E-state index >= 15 is 0 Å². The Labute approximate surface area is 153 Å². The van der Waals surface area contributed by atoms with E-state index in [1.54, 1.807) is 0 Å². The maximum atomic E-state index is 13.4. The number of ether oxygens (including phenoxy) is 2. The summed E-state index contributed by atoms with van der Waals surface area (Å²) >= 11 is 0.459. The fraction of sp³-hybridized carbons (Fsp3) is 0.471. The molecule has 26 heavy (non-hydrogen) atoms. The monoisotopic (exact) mass is 392 g/mol. The molecule has 0 fully saturated rings. The van der Waals surface area contributed by atoms with Crippen LogP contribution in [0.2, 0.25) is 0 Å². The van der Waals surface area contributed by atoms with Crippen LogP contribution in [-0.4, -0.2) is 30.3 Å². The SMILES string of the molecule is CCOC(=O)C(C(=O)OCC)[C@@H](SC(C)=O)c1ccccc1C(F)(F)F. The smallest absolute Gasteiger partial charge is 0.416 e. The Bertz CT molecular complexity index is 642. The predicted octanol–water partition coefficient (Wildman–Crippen LogP) is 3.77. The van der Waals surface area contributed by atoms with Gasteiger partial charge in [0.25, 0.3) is 0 Å². The number of halogens is 3. The summed E-state index contributed by atoms with van der Waals surface area (Å²) in [6, 6.07) is 4.49. The Morgan fingerprint density at radius 1 is 1.04 bits per heavy atom. The molecule has 0 saturated heterocycles. The van der Waals surface area contributed by atoms with Gasteiger partial charge in [0.15, 0.2) is 11.0 Å². The summed E-state index contributed by atoms with van der Waals surface area (Å²) in [6.07, 6.45) is -4.72. The van der Waals surface area contributed by atoms with Crippen LogP contribution in [0.4, 0.5) is 13.2 Å². The number of rotatable bonds is 7. The standard InChI is InChI=1S/C17H19F3O5S/c1-4-24-15(22)13(16(23)25-5-2)14(26-10(3)21)11-8-6-7-9-12(11)17(18,19)20/h6-9,13-14H,4-5H2,1-3H3/t14-/m0/s1. The van der Waals surface area contributed by atoms with Crippen molar-refractivity contribution in [2.75, 3.05) is 13.2 Å². The van der Waals surface area contributed by atoms with E-state index < -0.39 is 40.0 Å². The molecule has 5 nitrogen and oxygen atoms in total. The number of carbonyl (C=O) groups excluding carboxylic acids is 3. The number of hydrogen-bond donors (Lipinski definition) is 0. The number of benzene rings is 1. The van der Waals surface area contributed by atoms with Gasteiger partial charge in [0.1, 0.15) is 0 Å². The van der Waals surface area contributed by atoms with E-state index in [-0.39, 0.29) is 18.8 Å². The third-order valence-electron chi connectivity index (χ3n) is 3.25. The van der Waals surface area contributed by atoms with Crippen molar-refractivity contribution in [2.24, 2.45) is 5.92 Å². The average Bonchev–Trinajstić information content (AvgIpc) is 2.53. The Hall–Kier alpha value is -2.03. The zero-order chi connectivity index (χ0) is 19.9. The summed E-state index contributed by atoms with van der Waals surface area (Å²) in [6.45, 7) is 3.98. The molecule has 0 aromatic heterocycles. The van der Waals surface area contributed by atoms with Gasteiger partial charge in [-0.25, -0.2) is 0 Å². The van der Waals surface area contributed by atoms with Crippen LogP contribution in [0.1, 0.15) is 37.1 Å². The first kappa shape index (κ1) is 22.0. The summed E-state index contributed by atoms with van der Waals surface area (Å²) in [7, 11) is 0. The van der Waals surface area contributed by atoms with Crippen LogP contribution in [0.15, 0.2) is 24.3 Å². The van der Waals surface area contributed by atoms with Gasteiger partial charge in [-0.1, -0.05) is 30.0 Å². The number of esters is 2. The van der Waals surface area contributed by atoms with Gasteiger partial charge in [0.05, 0.1) is 24.0 Å². The lowest BCUT2D eigenvalue weighted by Gasteiger charge is -2.25. The Kier molecular flexibility index (Phi) is 8.13. The van der Waals surface area contributed by atoms with Gasteiger partial charge in [-0.3, -0.25) is 14.4 Å². The highest BCUT2D eigenvalue weighted by Crippen LogP contribution is 2.44. The lowest BCUT2D eigenvalue weighted by molar-refractivity contribution is -0.162. The van der Waals surface area contributed by atoms with Crippen molar-refractivity contribution < 1.29 is 37.0 Å². The number of thioether (sulfide) groups is 1. The number of alkyl halides is 3. The maximum absolute atomic E-state index is 13.4. The van der Waals surface area contributed by atoms with Gasteiger partial charge in [0.2, 0.25) is 0 Å². The Morgan fingerprint density at radius 3 is 1.96 bits per heavy atom. The summed E-state index contributed by atoms with van der Waals surface area (Å²) in [5.41, 5.74) is -1.39. The van der Waals surface area contributed by atoms with Crippen LogP contribution < -0.4 is 0 Å². The summed E-state index contributed by atoms with van der Waals surface area (Å²) in [5.74, 6) is -3.78. The van der Waals surface area contributed by atoms with Crippen molar-refractivity contribution in [3.8, 4) is 0 Å². The topological polar surface area (TPSA) is 69.7 Å². The molecule has 9 heteroatoms. The lowest BCUT2D eigenvalue weighted by atomic mass is 9.94. The third kappa shape index (κ3) is 5.76. The van der Waals surface area contributed by atoms with Crippen LogP contribution in [0.5, 0.6) is 0 Å². The highest BCUT2D eigenvalue weighted by atomic mass is 32.2. The summed E-state index contributed by atoms with van der Waals surface area (Å²) in [5, 5.41) is -1.98. The quantitative estimate of drug-likeness (QED) is 0.520. The Balaban J connectivity index is 3.53. The highest BCUT2D eigenvalue weighted by molar-refractivity contribution is 8.13. The molecule has 144 valence electrons. The molecule has 0 unspecified atom stereocenters. The molecule has 0 spiro atoms. The third-order valence-corrected chi connectivity index (χ3v) is 4.36. The van der Waals surface area contributed by atoms with E-state index in [0.717, 1.165) is 19.1 Å². The molecular formula is C17H19F3O5S. The molecule has 1 aromatic rings. The van der Waals surface area contributed by atoms with Crippen LogP contribution >= 0.6 is 11.8 Å². The second-order valence-electron chi connectivity index (χ2n) is 5.10. The van der Waals surface area contributed by atoms with Crippen LogP contribution in [0.25, 0.3) is 0 Å². The molecule has 1 aromatic carbocycles. The second kappa shape index (κ2) is 9.61. The second-order valence-corrected chi connectivity index (χ2v) is 6.42. The van der Waals surface area contributed by atoms with E-state index in [9.17, 15) is 27.6 Å². The van der Waals surface area contributed by atoms with Crippen molar-refractivity contribution in [2.45, 2.75) is 32.2 Å². The molecule has 0 aliphatic carbocycles. The number of hydrogen-bond acceptors (Lipinski definition) is 6. The van der Waals surface area contributed by atoms with Gasteiger partial charge >= 0.3 is 18.1 Å². The molecule has 0 aliphatic heterocycles. The van der Waals surface area contributed by atoms with Gasteiger partial charge in [-0.05, 0) is 25.5 Å². The van der Waals surface area contributed by atoms with Gasteiger partial charge in [-0.2, -0.15) is 13.2 Å². The lowest BCUT2D eigenvalue weighted by Crippen LogP contribution is -2.33. The first-order valence-corrected chi connectivity index (χ1v) is 8.68. The van der Waals surface area contributed by atoms with Gasteiger partial charge < -0.3 is 9.47 Å². The first-order chi connectivity index (χ1) is 12.1. The largest absolute Gasteiger partial charge is 0.465 e. The van der Waals surface area contributed by atoms with Crippen LogP contribution in [0.3, 0.4) is 0 Å². The summed E-state index contributed by atoms with van der Waals surface area (Å²) < 4.78 is 49.8. The first-order valence-electron chi connectivity index (χ1n) is 7.80. The fourth-order valence-electron chi connectivity index (χ4n) is 2.30. The minimum atomic E-state index is -4.72. The molecule has 0 heterocycles. The van der Waals surface area contributed by atoms with E-state index in [4.69, 9.17) is 9.47 Å². The van der Waals surface area contributed by atoms with Crippen molar-refractivity contribution in [3.05, 3.63) is 35.4 Å². The van der Waals surface area contributed by atoms with Crippen molar-refractivity contribution >= 4 is 28.8 Å². The molecule has 0 bridgehead atoms. The minimum absolute atomic E-state index is 0.0763. The molecule has 0 aliphatic rings. The zero-order valence-electron chi connectivity index (χ0n) is 14.5. The van der Waals surface area contributed by atoms with Crippen molar-refractivity contribution in [3.63, 3.8) is 0 Å². The van der Waals surface area contributed by atoms with Gasteiger partial charge in [0, 0.05) is 6.92 Å². The predicted molar refractivity (Wildman–Crippen MR) is 89.2 cm³/mol. The van der Waals surface area contributed by atoms with E-state index in [1.165, 1.54) is 26.0 Å². The Morgan fingerprint density at radius 2 is 1.54 bits per heavy atom. The van der Waals surface area contributed by atoms with Gasteiger partial charge in [-0.15, -0.1) is 0 Å². The van der Waals surface area contributed by atoms with E-state index in [1.807, 2.05) is 0 Å². The van der Waals surface area contributed by atoms with E-state index in [2.05, 4.69) is 0 Å². The normalized spacial score (nSPS) is 12.6. The minimum Gasteiger partial charge on any atom is -0.465 e. The van der Waals surface area contributed by atoms with Crippen molar-refractivity contribution in [1.29, 1.82) is 0 Å². The van der Waals surface area contributed by atoms with Crippen LogP contribution in [0, 0.1) is 5.92 Å². The maximum Gasteiger partial charge on any atom is 0.416 e. The zero-order valence-corrected chi connectivity index (χ0v) is 15.3. The molecule has 0 amide bonds. The molecular weight excluding hydrogens is 373 g/mol.